The lowest BCUT2D eigenvalue weighted by Crippen LogP contribution is -2.23. The molecule has 2 aromatic carbocycles. The van der Waals surface area contributed by atoms with Crippen LogP contribution in [0.3, 0.4) is 0 Å². The molecule has 0 spiro atoms. The van der Waals surface area contributed by atoms with E-state index in [0.717, 1.165) is 22.2 Å². The summed E-state index contributed by atoms with van der Waals surface area (Å²) in [5, 5.41) is 9.74. The summed E-state index contributed by atoms with van der Waals surface area (Å²) < 4.78 is 0. The molecule has 5 heteroatoms. The van der Waals surface area contributed by atoms with Gasteiger partial charge in [-0.05, 0) is 29.8 Å². The molecule has 1 aromatic heterocycles. The number of pyridine rings is 1. The molecule has 0 fully saturated rings. The van der Waals surface area contributed by atoms with Crippen molar-refractivity contribution in [3.05, 3.63) is 71.9 Å². The van der Waals surface area contributed by atoms with Crippen LogP contribution in [0.15, 0.2) is 60.8 Å². The lowest BCUT2D eigenvalue weighted by Gasteiger charge is -2.23. The predicted octanol–water partition coefficient (Wildman–Crippen LogP) is 2.99. The van der Waals surface area contributed by atoms with Gasteiger partial charge in [-0.15, -0.1) is 6.42 Å². The van der Waals surface area contributed by atoms with E-state index in [-0.39, 0.29) is 0 Å². The normalized spacial score (nSPS) is 10.2. The van der Waals surface area contributed by atoms with Gasteiger partial charge in [0.05, 0.1) is 17.7 Å². The largest absolute Gasteiger partial charge is 0.354 e. The van der Waals surface area contributed by atoms with E-state index < -0.39 is 5.91 Å². The number of benzene rings is 2. The zero-order chi connectivity index (χ0) is 17.6. The second kappa shape index (κ2) is 7.47. The van der Waals surface area contributed by atoms with Crippen LogP contribution in [-0.2, 0) is 6.54 Å². The van der Waals surface area contributed by atoms with Gasteiger partial charge in [-0.2, -0.15) is 0 Å². The van der Waals surface area contributed by atoms with Gasteiger partial charge in [0.2, 0.25) is 0 Å². The Hall–Kier alpha value is -3.36. The van der Waals surface area contributed by atoms with Crippen molar-refractivity contribution in [2.75, 3.05) is 11.4 Å². The summed E-state index contributed by atoms with van der Waals surface area (Å²) in [4.78, 5) is 18.0. The molecule has 0 radical (unpaired) electrons. The SMILES string of the molecule is C#CCN(Cc1ccc(C(=O)NO)cc1)c1cccc2cccnc12. The highest BCUT2D eigenvalue weighted by atomic mass is 16.5. The summed E-state index contributed by atoms with van der Waals surface area (Å²) in [6.07, 6.45) is 7.32. The van der Waals surface area contributed by atoms with Crippen molar-refractivity contribution in [3.8, 4) is 12.3 Å². The Bertz CT molecular complexity index is 924. The summed E-state index contributed by atoms with van der Waals surface area (Å²) in [5.74, 6) is 2.15. The fraction of sp³-hybridized carbons (Fsp3) is 0.100. The highest BCUT2D eigenvalue weighted by molar-refractivity contribution is 5.93. The Balaban J connectivity index is 1.91. The maximum absolute atomic E-state index is 11.4. The molecular weight excluding hydrogens is 314 g/mol. The van der Waals surface area contributed by atoms with Gasteiger partial charge in [-0.25, -0.2) is 5.48 Å². The number of para-hydroxylation sites is 1. The van der Waals surface area contributed by atoms with Crippen LogP contribution in [0.1, 0.15) is 15.9 Å². The van der Waals surface area contributed by atoms with Crippen LogP contribution in [-0.4, -0.2) is 22.6 Å². The fourth-order valence-electron chi connectivity index (χ4n) is 2.73. The van der Waals surface area contributed by atoms with Gasteiger partial charge in [0, 0.05) is 23.7 Å². The standard InChI is InChI=1S/C20H17N3O2/c1-2-13-23(14-15-8-10-17(11-9-15)20(24)22-25)18-7-3-5-16-6-4-12-21-19(16)18/h1,3-12,25H,13-14H2,(H,22,24). The maximum Gasteiger partial charge on any atom is 0.274 e. The van der Waals surface area contributed by atoms with Gasteiger partial charge in [0.25, 0.3) is 5.91 Å². The van der Waals surface area contributed by atoms with E-state index >= 15 is 0 Å². The number of hydrogen-bond donors (Lipinski definition) is 2. The Kier molecular flexibility index (Phi) is 4.93. The molecule has 0 saturated carbocycles. The molecule has 5 nitrogen and oxygen atoms in total. The third-order valence-electron chi connectivity index (χ3n) is 3.93. The molecule has 124 valence electrons. The Morgan fingerprint density at radius 3 is 2.64 bits per heavy atom. The lowest BCUT2D eigenvalue weighted by atomic mass is 10.1. The fourth-order valence-corrected chi connectivity index (χ4v) is 2.73. The molecule has 1 amide bonds. The molecule has 25 heavy (non-hydrogen) atoms. The van der Waals surface area contributed by atoms with Gasteiger partial charge in [-0.1, -0.05) is 36.3 Å². The summed E-state index contributed by atoms with van der Waals surface area (Å²) >= 11 is 0. The lowest BCUT2D eigenvalue weighted by molar-refractivity contribution is 0.0706. The Labute approximate surface area is 145 Å². The average molecular weight is 331 g/mol. The van der Waals surface area contributed by atoms with Crippen molar-refractivity contribution in [3.63, 3.8) is 0 Å². The van der Waals surface area contributed by atoms with Crippen LogP contribution in [0.25, 0.3) is 10.9 Å². The van der Waals surface area contributed by atoms with Crippen LogP contribution >= 0.6 is 0 Å². The van der Waals surface area contributed by atoms with E-state index in [1.54, 1.807) is 23.8 Å². The summed E-state index contributed by atoms with van der Waals surface area (Å²) in [6, 6.07) is 16.9. The number of fused-ring (bicyclic) bond motifs is 1. The van der Waals surface area contributed by atoms with Crippen molar-refractivity contribution < 1.29 is 10.0 Å². The minimum absolute atomic E-state index is 0.390. The van der Waals surface area contributed by atoms with E-state index in [2.05, 4.69) is 15.8 Å². The molecule has 0 bridgehead atoms. The van der Waals surface area contributed by atoms with E-state index in [9.17, 15) is 4.79 Å². The number of aromatic nitrogens is 1. The second-order valence-electron chi connectivity index (χ2n) is 5.55. The molecule has 1 heterocycles. The van der Waals surface area contributed by atoms with Crippen molar-refractivity contribution in [1.29, 1.82) is 0 Å². The number of carbonyl (C=O) groups is 1. The molecule has 2 N–H and O–H groups in total. The molecule has 3 rings (SSSR count). The quantitative estimate of drug-likeness (QED) is 0.428. The van der Waals surface area contributed by atoms with Gasteiger partial charge in [-0.3, -0.25) is 15.0 Å². The van der Waals surface area contributed by atoms with E-state index in [1.807, 2.05) is 42.5 Å². The highest BCUT2D eigenvalue weighted by Crippen LogP contribution is 2.26. The summed E-state index contributed by atoms with van der Waals surface area (Å²) in [7, 11) is 0. The smallest absolute Gasteiger partial charge is 0.274 e. The first kappa shape index (κ1) is 16.5. The Morgan fingerprint density at radius 1 is 1.16 bits per heavy atom. The van der Waals surface area contributed by atoms with Gasteiger partial charge in [0.1, 0.15) is 0 Å². The number of hydroxylamine groups is 1. The third-order valence-corrected chi connectivity index (χ3v) is 3.93. The molecule has 0 saturated heterocycles. The molecular formula is C20H17N3O2. The maximum atomic E-state index is 11.4. The van der Waals surface area contributed by atoms with Crippen LogP contribution in [0.4, 0.5) is 5.69 Å². The van der Waals surface area contributed by atoms with Gasteiger partial charge >= 0.3 is 0 Å². The molecule has 0 unspecified atom stereocenters. The molecule has 0 aliphatic carbocycles. The monoisotopic (exact) mass is 331 g/mol. The number of nitrogens with one attached hydrogen (secondary N) is 1. The topological polar surface area (TPSA) is 65.5 Å². The molecule has 0 aliphatic rings. The third kappa shape index (κ3) is 3.60. The second-order valence-corrected chi connectivity index (χ2v) is 5.55. The van der Waals surface area contributed by atoms with E-state index in [1.165, 1.54) is 0 Å². The minimum Gasteiger partial charge on any atom is -0.354 e. The van der Waals surface area contributed by atoms with Gasteiger partial charge in [0.15, 0.2) is 0 Å². The Morgan fingerprint density at radius 2 is 1.92 bits per heavy atom. The average Bonchev–Trinajstić information content (AvgIpc) is 2.67. The number of hydrogen-bond acceptors (Lipinski definition) is 4. The number of carbonyl (C=O) groups excluding carboxylic acids is 1. The van der Waals surface area contributed by atoms with E-state index in [4.69, 9.17) is 11.6 Å². The number of nitrogens with zero attached hydrogens (tertiary/aromatic N) is 2. The van der Waals surface area contributed by atoms with Crippen LogP contribution in [0.5, 0.6) is 0 Å². The summed E-state index contributed by atoms with van der Waals surface area (Å²) in [5.41, 5.74) is 4.88. The predicted molar refractivity (Wildman–Crippen MR) is 97.3 cm³/mol. The van der Waals surface area contributed by atoms with Gasteiger partial charge < -0.3 is 4.90 Å². The van der Waals surface area contributed by atoms with Crippen molar-refractivity contribution in [2.45, 2.75) is 6.54 Å². The van der Waals surface area contributed by atoms with E-state index in [0.29, 0.717) is 18.7 Å². The molecule has 0 aliphatic heterocycles. The highest BCUT2D eigenvalue weighted by Gasteiger charge is 2.11. The zero-order valence-corrected chi connectivity index (χ0v) is 13.5. The van der Waals surface area contributed by atoms with Crippen molar-refractivity contribution >= 4 is 22.5 Å². The molecule has 0 atom stereocenters. The summed E-state index contributed by atoms with van der Waals surface area (Å²) in [6.45, 7) is 1.02. The number of anilines is 1. The molecule has 3 aromatic rings. The number of terminal acetylenes is 1. The van der Waals surface area contributed by atoms with Crippen LogP contribution in [0, 0.1) is 12.3 Å². The van der Waals surface area contributed by atoms with Crippen LogP contribution < -0.4 is 10.4 Å². The number of amides is 1. The number of rotatable bonds is 5. The van der Waals surface area contributed by atoms with Crippen molar-refractivity contribution in [1.82, 2.24) is 10.5 Å². The first-order chi connectivity index (χ1) is 12.2. The first-order valence-corrected chi connectivity index (χ1v) is 7.78. The first-order valence-electron chi connectivity index (χ1n) is 7.78. The van der Waals surface area contributed by atoms with Crippen LogP contribution in [0.2, 0.25) is 0 Å². The van der Waals surface area contributed by atoms with Crippen molar-refractivity contribution in [2.24, 2.45) is 0 Å². The minimum atomic E-state index is -0.537. The zero-order valence-electron chi connectivity index (χ0n) is 13.5.